The smallest absolute Gasteiger partial charge is 0.405 e. The van der Waals surface area contributed by atoms with E-state index in [2.05, 4.69) is 27.3 Å². The summed E-state index contributed by atoms with van der Waals surface area (Å²) in [6.07, 6.45) is -4.64. The Labute approximate surface area is 112 Å². The summed E-state index contributed by atoms with van der Waals surface area (Å²) in [6.45, 7) is 5.85. The minimum atomic E-state index is -4.64. The van der Waals surface area contributed by atoms with Gasteiger partial charge in [0.1, 0.15) is 5.75 Å². The van der Waals surface area contributed by atoms with Gasteiger partial charge in [0.15, 0.2) is 0 Å². The number of hydrogen-bond acceptors (Lipinski definition) is 1. The average molecular weight is 358 g/mol. The lowest BCUT2D eigenvalue weighted by Gasteiger charge is -2.20. The average Bonchev–Trinajstić information content (AvgIpc) is 2.17. The maximum Gasteiger partial charge on any atom is 0.573 e. The summed E-state index contributed by atoms with van der Waals surface area (Å²) < 4.78 is 41.7. The lowest BCUT2D eigenvalue weighted by atomic mass is 9.90. The molecule has 5 heteroatoms. The van der Waals surface area contributed by atoms with Crippen molar-refractivity contribution in [3.8, 4) is 5.75 Å². The van der Waals surface area contributed by atoms with Crippen molar-refractivity contribution in [2.24, 2.45) is 5.92 Å². The molecule has 1 unspecified atom stereocenters. The second kappa shape index (κ2) is 5.46. The maximum absolute atomic E-state index is 12.3. The van der Waals surface area contributed by atoms with E-state index in [0.717, 1.165) is 3.57 Å². The monoisotopic (exact) mass is 358 g/mol. The lowest BCUT2D eigenvalue weighted by Crippen LogP contribution is -2.19. The first-order valence-electron chi connectivity index (χ1n) is 5.26. The normalized spacial score (nSPS) is 13.9. The molecule has 0 N–H and O–H groups in total. The van der Waals surface area contributed by atoms with E-state index in [1.165, 1.54) is 6.07 Å². The van der Waals surface area contributed by atoms with Crippen LogP contribution in [-0.2, 0) is 0 Å². The molecular weight excluding hydrogens is 344 g/mol. The fraction of sp³-hybridized carbons (Fsp3) is 0.500. The molecule has 0 amide bonds. The number of alkyl halides is 3. The highest BCUT2D eigenvalue weighted by Gasteiger charge is 2.32. The standard InChI is InChI=1S/C12H14F3IO/c1-7(2)8(3)10-6-9(16)4-5-11(10)17-12(13,14)15/h4-8H,1-3H3. The molecule has 0 fully saturated rings. The first-order valence-corrected chi connectivity index (χ1v) is 6.34. The van der Waals surface area contributed by atoms with Gasteiger partial charge < -0.3 is 4.74 Å². The molecule has 0 aliphatic rings. The van der Waals surface area contributed by atoms with Gasteiger partial charge in [-0.3, -0.25) is 0 Å². The SMILES string of the molecule is CC(C)C(C)c1cc(I)ccc1OC(F)(F)F. The third-order valence-electron chi connectivity index (χ3n) is 2.69. The van der Waals surface area contributed by atoms with Gasteiger partial charge in [-0.15, -0.1) is 13.2 Å². The molecule has 17 heavy (non-hydrogen) atoms. The molecule has 1 nitrogen and oxygen atoms in total. The molecule has 1 aromatic carbocycles. The van der Waals surface area contributed by atoms with E-state index in [-0.39, 0.29) is 17.6 Å². The molecule has 1 aromatic rings. The first-order chi connectivity index (χ1) is 7.70. The molecule has 0 bridgehead atoms. The predicted molar refractivity (Wildman–Crippen MR) is 69.1 cm³/mol. The fourth-order valence-corrected chi connectivity index (χ4v) is 1.97. The van der Waals surface area contributed by atoms with E-state index in [1.54, 1.807) is 12.1 Å². The summed E-state index contributed by atoms with van der Waals surface area (Å²) in [7, 11) is 0. The van der Waals surface area contributed by atoms with E-state index in [9.17, 15) is 13.2 Å². The van der Waals surface area contributed by atoms with E-state index in [4.69, 9.17) is 0 Å². The van der Waals surface area contributed by atoms with Crippen molar-refractivity contribution in [1.82, 2.24) is 0 Å². The van der Waals surface area contributed by atoms with Crippen LogP contribution in [0.3, 0.4) is 0 Å². The molecule has 0 aliphatic heterocycles. The Balaban J connectivity index is 3.12. The van der Waals surface area contributed by atoms with E-state index in [1.807, 2.05) is 20.8 Å². The van der Waals surface area contributed by atoms with Crippen molar-refractivity contribution in [2.75, 3.05) is 0 Å². The van der Waals surface area contributed by atoms with Crippen LogP contribution in [0.15, 0.2) is 18.2 Å². The first kappa shape index (κ1) is 14.6. The summed E-state index contributed by atoms with van der Waals surface area (Å²) in [6, 6.07) is 4.73. The number of halogens is 4. The number of hydrogen-bond donors (Lipinski definition) is 0. The van der Waals surface area contributed by atoms with Crippen LogP contribution in [0.4, 0.5) is 13.2 Å². The minimum Gasteiger partial charge on any atom is -0.405 e. The maximum atomic E-state index is 12.3. The molecule has 0 saturated heterocycles. The fourth-order valence-electron chi connectivity index (χ4n) is 1.45. The van der Waals surface area contributed by atoms with Crippen LogP contribution in [0.1, 0.15) is 32.3 Å². The zero-order valence-corrected chi connectivity index (χ0v) is 12.0. The van der Waals surface area contributed by atoms with Crippen LogP contribution >= 0.6 is 22.6 Å². The summed E-state index contributed by atoms with van der Waals surface area (Å²) >= 11 is 2.08. The molecule has 0 heterocycles. The Kier molecular flexibility index (Phi) is 4.69. The Morgan fingerprint density at radius 2 is 1.76 bits per heavy atom. The molecule has 0 aliphatic carbocycles. The van der Waals surface area contributed by atoms with E-state index in [0.29, 0.717) is 5.56 Å². The van der Waals surface area contributed by atoms with Crippen LogP contribution < -0.4 is 4.74 Å². The topological polar surface area (TPSA) is 9.23 Å². The quantitative estimate of drug-likeness (QED) is 0.695. The van der Waals surface area contributed by atoms with Gasteiger partial charge in [0.25, 0.3) is 0 Å². The molecular formula is C12H14F3IO. The Bertz CT molecular complexity index is 388. The van der Waals surface area contributed by atoms with Crippen LogP contribution in [-0.4, -0.2) is 6.36 Å². The molecule has 1 rings (SSSR count). The van der Waals surface area contributed by atoms with Gasteiger partial charge >= 0.3 is 6.36 Å². The van der Waals surface area contributed by atoms with Gasteiger partial charge in [0.05, 0.1) is 0 Å². The van der Waals surface area contributed by atoms with Gasteiger partial charge in [-0.25, -0.2) is 0 Å². The van der Waals surface area contributed by atoms with Gasteiger partial charge in [-0.2, -0.15) is 0 Å². The third-order valence-corrected chi connectivity index (χ3v) is 3.36. The third kappa shape index (κ3) is 4.37. The zero-order chi connectivity index (χ0) is 13.2. The van der Waals surface area contributed by atoms with E-state index < -0.39 is 6.36 Å². The molecule has 1 atom stereocenters. The highest BCUT2D eigenvalue weighted by atomic mass is 127. The molecule has 0 spiro atoms. The van der Waals surface area contributed by atoms with Gasteiger partial charge in [0, 0.05) is 3.57 Å². The number of benzene rings is 1. The van der Waals surface area contributed by atoms with Gasteiger partial charge in [-0.1, -0.05) is 20.8 Å². The van der Waals surface area contributed by atoms with Crippen molar-refractivity contribution in [3.63, 3.8) is 0 Å². The van der Waals surface area contributed by atoms with Crippen molar-refractivity contribution < 1.29 is 17.9 Å². The summed E-state index contributed by atoms with van der Waals surface area (Å²) in [5.74, 6) is 0.171. The van der Waals surface area contributed by atoms with Crippen molar-refractivity contribution >= 4 is 22.6 Å². The zero-order valence-electron chi connectivity index (χ0n) is 9.81. The summed E-state index contributed by atoms with van der Waals surface area (Å²) in [5, 5.41) is 0. The molecule has 0 radical (unpaired) electrons. The Morgan fingerprint density at radius 1 is 1.18 bits per heavy atom. The van der Waals surface area contributed by atoms with Crippen molar-refractivity contribution in [3.05, 3.63) is 27.3 Å². The number of ether oxygens (including phenoxy) is 1. The molecule has 96 valence electrons. The second-order valence-electron chi connectivity index (χ2n) is 4.26. The molecule has 0 aromatic heterocycles. The largest absolute Gasteiger partial charge is 0.573 e. The van der Waals surface area contributed by atoms with E-state index >= 15 is 0 Å². The van der Waals surface area contributed by atoms with Gasteiger partial charge in [-0.05, 0) is 58.2 Å². The van der Waals surface area contributed by atoms with Crippen molar-refractivity contribution in [2.45, 2.75) is 33.1 Å². The lowest BCUT2D eigenvalue weighted by molar-refractivity contribution is -0.275. The highest BCUT2D eigenvalue weighted by molar-refractivity contribution is 14.1. The van der Waals surface area contributed by atoms with Crippen molar-refractivity contribution in [1.29, 1.82) is 0 Å². The number of rotatable bonds is 3. The highest BCUT2D eigenvalue weighted by Crippen LogP contribution is 2.35. The Morgan fingerprint density at radius 3 is 2.24 bits per heavy atom. The Hall–Kier alpha value is -0.460. The van der Waals surface area contributed by atoms with Crippen LogP contribution in [0.5, 0.6) is 5.75 Å². The van der Waals surface area contributed by atoms with Crippen LogP contribution in [0, 0.1) is 9.49 Å². The van der Waals surface area contributed by atoms with Gasteiger partial charge in [0.2, 0.25) is 0 Å². The minimum absolute atomic E-state index is 0.0158. The van der Waals surface area contributed by atoms with Crippen LogP contribution in [0.2, 0.25) is 0 Å². The van der Waals surface area contributed by atoms with Crippen LogP contribution in [0.25, 0.3) is 0 Å². The molecule has 0 saturated carbocycles. The predicted octanol–water partition coefficient (Wildman–Crippen LogP) is 4.95. The summed E-state index contributed by atoms with van der Waals surface area (Å²) in [4.78, 5) is 0. The summed E-state index contributed by atoms with van der Waals surface area (Å²) in [5.41, 5.74) is 0.601. The second-order valence-corrected chi connectivity index (χ2v) is 5.51.